The molecule has 0 saturated heterocycles. The Labute approximate surface area is 198 Å². The number of pyridine rings is 2. The summed E-state index contributed by atoms with van der Waals surface area (Å²) in [4.78, 5) is 16.5. The van der Waals surface area contributed by atoms with E-state index >= 15 is 0 Å². The fourth-order valence-corrected chi connectivity index (χ4v) is 3.23. The number of hydrogen-bond acceptors (Lipinski definition) is 7. The van der Waals surface area contributed by atoms with E-state index in [9.17, 15) is 17.6 Å². The summed E-state index contributed by atoms with van der Waals surface area (Å²) in [5.74, 6) is -0.590. The van der Waals surface area contributed by atoms with Crippen molar-refractivity contribution in [2.24, 2.45) is 10.2 Å². The van der Waals surface area contributed by atoms with Gasteiger partial charge in [0.1, 0.15) is 12.2 Å². The molecule has 0 radical (unpaired) electrons. The highest BCUT2D eigenvalue weighted by Crippen LogP contribution is 2.31. The number of aryl methyl sites for hydroxylation is 1. The smallest absolute Gasteiger partial charge is 0.354 e. The van der Waals surface area contributed by atoms with Crippen LogP contribution in [0.2, 0.25) is 0 Å². The third kappa shape index (κ3) is 5.99. The molecule has 35 heavy (non-hydrogen) atoms. The molecule has 1 aromatic carbocycles. The summed E-state index contributed by atoms with van der Waals surface area (Å²) in [7, 11) is 0. The molecule has 0 amide bonds. The predicted octanol–water partition coefficient (Wildman–Crippen LogP) is 6.68. The SMILES string of the molecule is CCc1ncccc1-c1nc(N=NCc2ccc(Nc3cccc(C(F)(F)F)c3)cn2)ncc1F. The van der Waals surface area contributed by atoms with Crippen molar-refractivity contribution < 1.29 is 17.6 Å². The zero-order chi connectivity index (χ0) is 24.8. The quantitative estimate of drug-likeness (QED) is 0.235. The summed E-state index contributed by atoms with van der Waals surface area (Å²) in [5.41, 5.74) is 1.99. The predicted molar refractivity (Wildman–Crippen MR) is 122 cm³/mol. The first-order valence-electron chi connectivity index (χ1n) is 10.6. The molecular weight excluding hydrogens is 462 g/mol. The average Bonchev–Trinajstić information content (AvgIpc) is 2.86. The van der Waals surface area contributed by atoms with Crippen LogP contribution in [-0.4, -0.2) is 19.9 Å². The number of azo groups is 1. The fourth-order valence-electron chi connectivity index (χ4n) is 3.23. The van der Waals surface area contributed by atoms with Gasteiger partial charge in [0.05, 0.1) is 29.3 Å². The lowest BCUT2D eigenvalue weighted by atomic mass is 10.1. The molecule has 178 valence electrons. The van der Waals surface area contributed by atoms with Gasteiger partial charge in [-0.25, -0.2) is 14.4 Å². The molecule has 3 aromatic heterocycles. The summed E-state index contributed by atoms with van der Waals surface area (Å²) in [6.07, 6.45) is 0.341. The first kappa shape index (κ1) is 23.9. The number of nitrogens with zero attached hydrogens (tertiary/aromatic N) is 6. The third-order valence-electron chi connectivity index (χ3n) is 4.91. The van der Waals surface area contributed by atoms with E-state index in [1.807, 2.05) is 6.92 Å². The van der Waals surface area contributed by atoms with Gasteiger partial charge in [0.25, 0.3) is 5.95 Å². The molecule has 0 aliphatic carbocycles. The van der Waals surface area contributed by atoms with Crippen molar-refractivity contribution in [3.05, 3.63) is 89.9 Å². The Hall–Kier alpha value is -4.28. The number of rotatable bonds is 7. The number of benzene rings is 1. The van der Waals surface area contributed by atoms with Crippen LogP contribution in [0.3, 0.4) is 0 Å². The Morgan fingerprint density at radius 3 is 2.54 bits per heavy atom. The standard InChI is InChI=1S/C24H19F4N7/c1-2-21-19(7-4-10-29-21)22-20(25)14-31-23(34-22)35-32-13-17-8-9-18(12-30-17)33-16-6-3-5-15(11-16)24(26,27)28/h3-12,14,33H,2,13H2,1H3. The van der Waals surface area contributed by atoms with Crippen LogP contribution in [0.25, 0.3) is 11.3 Å². The number of hydrogen-bond donors (Lipinski definition) is 1. The van der Waals surface area contributed by atoms with Gasteiger partial charge >= 0.3 is 6.18 Å². The van der Waals surface area contributed by atoms with Crippen LogP contribution in [0, 0.1) is 5.82 Å². The van der Waals surface area contributed by atoms with Crippen LogP contribution in [0.4, 0.5) is 34.9 Å². The summed E-state index contributed by atoms with van der Waals surface area (Å²) in [6, 6.07) is 11.6. The third-order valence-corrected chi connectivity index (χ3v) is 4.91. The highest BCUT2D eigenvalue weighted by atomic mass is 19.4. The Kier molecular flexibility index (Phi) is 7.04. The summed E-state index contributed by atoms with van der Waals surface area (Å²) < 4.78 is 53.0. The number of aromatic nitrogens is 4. The molecule has 0 spiro atoms. The molecule has 0 aliphatic rings. The Balaban J connectivity index is 1.42. The van der Waals surface area contributed by atoms with Gasteiger partial charge in [-0.2, -0.15) is 18.3 Å². The van der Waals surface area contributed by atoms with E-state index in [2.05, 4.69) is 35.5 Å². The summed E-state index contributed by atoms with van der Waals surface area (Å²) in [6.45, 7) is 2.02. The van der Waals surface area contributed by atoms with Crippen LogP contribution in [-0.2, 0) is 19.1 Å². The van der Waals surface area contributed by atoms with E-state index in [-0.39, 0.29) is 23.9 Å². The zero-order valence-electron chi connectivity index (χ0n) is 18.5. The molecule has 3 heterocycles. The maximum atomic E-state index is 14.3. The van der Waals surface area contributed by atoms with Crippen molar-refractivity contribution >= 4 is 17.3 Å². The fraction of sp³-hybridized carbons (Fsp3) is 0.167. The van der Waals surface area contributed by atoms with E-state index in [1.165, 1.54) is 18.3 Å². The molecule has 0 atom stereocenters. The molecule has 0 fully saturated rings. The number of nitrogens with one attached hydrogen (secondary N) is 1. The van der Waals surface area contributed by atoms with E-state index in [4.69, 9.17) is 0 Å². The minimum atomic E-state index is -4.42. The highest BCUT2D eigenvalue weighted by Gasteiger charge is 2.30. The van der Waals surface area contributed by atoms with Crippen LogP contribution >= 0.6 is 0 Å². The van der Waals surface area contributed by atoms with Crippen molar-refractivity contribution in [1.29, 1.82) is 0 Å². The lowest BCUT2D eigenvalue weighted by Crippen LogP contribution is -2.05. The van der Waals surface area contributed by atoms with Gasteiger partial charge in [0.2, 0.25) is 0 Å². The van der Waals surface area contributed by atoms with Gasteiger partial charge in [-0.05, 0) is 48.9 Å². The summed E-state index contributed by atoms with van der Waals surface area (Å²) >= 11 is 0. The molecule has 0 saturated carbocycles. The van der Waals surface area contributed by atoms with Gasteiger partial charge in [0, 0.05) is 23.1 Å². The molecule has 11 heteroatoms. The Bertz CT molecular complexity index is 1340. The second-order valence-electron chi connectivity index (χ2n) is 7.36. The largest absolute Gasteiger partial charge is 0.416 e. The number of halogens is 4. The van der Waals surface area contributed by atoms with E-state index in [0.717, 1.165) is 18.3 Å². The van der Waals surface area contributed by atoms with Crippen molar-refractivity contribution in [3.63, 3.8) is 0 Å². The van der Waals surface area contributed by atoms with Crippen molar-refractivity contribution in [3.8, 4) is 11.3 Å². The normalized spacial score (nSPS) is 11.7. The molecule has 0 aliphatic heterocycles. The van der Waals surface area contributed by atoms with E-state index in [1.54, 1.807) is 30.5 Å². The van der Waals surface area contributed by atoms with Crippen molar-refractivity contribution in [2.75, 3.05) is 5.32 Å². The summed E-state index contributed by atoms with van der Waals surface area (Å²) in [5, 5.41) is 10.9. The van der Waals surface area contributed by atoms with Crippen molar-refractivity contribution in [1.82, 2.24) is 19.9 Å². The number of alkyl halides is 3. The van der Waals surface area contributed by atoms with Gasteiger partial charge in [-0.15, -0.1) is 5.11 Å². The Morgan fingerprint density at radius 2 is 1.80 bits per heavy atom. The second-order valence-corrected chi connectivity index (χ2v) is 7.36. The van der Waals surface area contributed by atoms with E-state index < -0.39 is 17.6 Å². The van der Waals surface area contributed by atoms with Crippen LogP contribution in [0.15, 0.2) is 77.3 Å². The second kappa shape index (κ2) is 10.3. The number of anilines is 2. The first-order chi connectivity index (χ1) is 16.8. The molecule has 4 rings (SSSR count). The Morgan fingerprint density at radius 1 is 0.943 bits per heavy atom. The maximum Gasteiger partial charge on any atom is 0.416 e. The minimum absolute atomic E-state index is 0.00450. The van der Waals surface area contributed by atoms with Gasteiger partial charge in [0.15, 0.2) is 5.82 Å². The molecule has 0 bridgehead atoms. The van der Waals surface area contributed by atoms with Crippen LogP contribution in [0.1, 0.15) is 23.9 Å². The zero-order valence-corrected chi connectivity index (χ0v) is 18.5. The lowest BCUT2D eigenvalue weighted by Gasteiger charge is -2.10. The van der Waals surface area contributed by atoms with E-state index in [0.29, 0.717) is 29.1 Å². The molecule has 0 unspecified atom stereocenters. The van der Waals surface area contributed by atoms with Gasteiger partial charge in [-0.1, -0.05) is 13.0 Å². The van der Waals surface area contributed by atoms with Crippen molar-refractivity contribution in [2.45, 2.75) is 26.1 Å². The maximum absolute atomic E-state index is 14.3. The minimum Gasteiger partial charge on any atom is -0.354 e. The highest BCUT2D eigenvalue weighted by molar-refractivity contribution is 5.63. The molecule has 7 nitrogen and oxygen atoms in total. The van der Waals surface area contributed by atoms with Gasteiger partial charge < -0.3 is 5.32 Å². The monoisotopic (exact) mass is 481 g/mol. The van der Waals surface area contributed by atoms with Crippen LogP contribution in [0.5, 0.6) is 0 Å². The first-order valence-corrected chi connectivity index (χ1v) is 10.6. The van der Waals surface area contributed by atoms with Crippen LogP contribution < -0.4 is 5.32 Å². The topological polar surface area (TPSA) is 88.3 Å². The molecule has 1 N–H and O–H groups in total. The lowest BCUT2D eigenvalue weighted by molar-refractivity contribution is -0.137. The van der Waals surface area contributed by atoms with Gasteiger partial charge in [-0.3, -0.25) is 9.97 Å². The molecule has 4 aromatic rings. The molecular formula is C24H19F4N7. The average molecular weight is 481 g/mol.